The highest BCUT2D eigenvalue weighted by atomic mass is 16.5. The SMILES string of the molecule is CCNC(C)CC1CCN(Cc2ccc(OC)cc2)CC1. The van der Waals surface area contributed by atoms with Gasteiger partial charge in [-0.15, -0.1) is 0 Å². The minimum absolute atomic E-state index is 0.660. The van der Waals surface area contributed by atoms with Crippen molar-refractivity contribution in [2.45, 2.75) is 45.7 Å². The summed E-state index contributed by atoms with van der Waals surface area (Å²) in [6.07, 6.45) is 4.00. The Bertz CT molecular complexity index is 396. The molecule has 0 spiro atoms. The maximum atomic E-state index is 5.21. The minimum atomic E-state index is 0.660. The van der Waals surface area contributed by atoms with Gasteiger partial charge in [0.05, 0.1) is 7.11 Å². The van der Waals surface area contributed by atoms with Crippen LogP contribution in [0, 0.1) is 5.92 Å². The summed E-state index contributed by atoms with van der Waals surface area (Å²) in [5.41, 5.74) is 1.38. The van der Waals surface area contributed by atoms with E-state index in [0.29, 0.717) is 6.04 Å². The van der Waals surface area contributed by atoms with Crippen LogP contribution in [0.5, 0.6) is 5.75 Å². The number of nitrogens with one attached hydrogen (secondary N) is 1. The van der Waals surface area contributed by atoms with Crippen molar-refractivity contribution in [3.63, 3.8) is 0 Å². The minimum Gasteiger partial charge on any atom is -0.497 e. The summed E-state index contributed by atoms with van der Waals surface area (Å²) in [4.78, 5) is 2.58. The van der Waals surface area contributed by atoms with Crippen molar-refractivity contribution in [3.05, 3.63) is 29.8 Å². The summed E-state index contributed by atoms with van der Waals surface area (Å²) < 4.78 is 5.21. The first-order valence-electron chi connectivity index (χ1n) is 8.30. The third kappa shape index (κ3) is 5.33. The van der Waals surface area contributed by atoms with E-state index in [1.54, 1.807) is 7.11 Å². The topological polar surface area (TPSA) is 24.5 Å². The summed E-state index contributed by atoms with van der Waals surface area (Å²) in [7, 11) is 1.72. The molecule has 2 rings (SSSR count). The standard InChI is InChI=1S/C18H30N2O/c1-4-19-15(2)13-16-9-11-20(12-10-16)14-17-5-7-18(21-3)8-6-17/h5-8,15-16,19H,4,9-14H2,1-3H3. The highest BCUT2D eigenvalue weighted by molar-refractivity contribution is 5.27. The Kier molecular flexibility index (Phi) is 6.52. The van der Waals surface area contributed by atoms with Crippen LogP contribution in [0.25, 0.3) is 0 Å². The van der Waals surface area contributed by atoms with Gasteiger partial charge in [-0.3, -0.25) is 4.90 Å². The van der Waals surface area contributed by atoms with Gasteiger partial charge in [0, 0.05) is 12.6 Å². The Balaban J connectivity index is 1.73. The fourth-order valence-corrected chi connectivity index (χ4v) is 3.30. The van der Waals surface area contributed by atoms with Crippen LogP contribution in [0.1, 0.15) is 38.7 Å². The maximum Gasteiger partial charge on any atom is 0.118 e. The molecular formula is C18H30N2O. The Morgan fingerprint density at radius 1 is 1.24 bits per heavy atom. The van der Waals surface area contributed by atoms with Gasteiger partial charge >= 0.3 is 0 Å². The molecule has 1 saturated heterocycles. The lowest BCUT2D eigenvalue weighted by Crippen LogP contribution is -2.36. The maximum absolute atomic E-state index is 5.21. The van der Waals surface area contributed by atoms with Crippen LogP contribution in [0.15, 0.2) is 24.3 Å². The molecule has 0 bridgehead atoms. The molecule has 118 valence electrons. The Morgan fingerprint density at radius 2 is 1.90 bits per heavy atom. The van der Waals surface area contributed by atoms with Crippen LogP contribution in [-0.4, -0.2) is 37.7 Å². The quantitative estimate of drug-likeness (QED) is 0.834. The predicted molar refractivity (Wildman–Crippen MR) is 88.8 cm³/mol. The first-order chi connectivity index (χ1) is 10.2. The third-order valence-electron chi connectivity index (χ3n) is 4.51. The smallest absolute Gasteiger partial charge is 0.118 e. The van der Waals surface area contributed by atoms with Crippen molar-refractivity contribution in [3.8, 4) is 5.75 Å². The molecule has 1 aromatic rings. The van der Waals surface area contributed by atoms with E-state index in [9.17, 15) is 0 Å². The largest absolute Gasteiger partial charge is 0.497 e. The number of nitrogens with zero attached hydrogens (tertiary/aromatic N) is 1. The fourth-order valence-electron chi connectivity index (χ4n) is 3.30. The summed E-state index contributed by atoms with van der Waals surface area (Å²) >= 11 is 0. The second-order valence-corrected chi connectivity index (χ2v) is 6.26. The second kappa shape index (κ2) is 8.40. The van der Waals surface area contributed by atoms with Gasteiger partial charge in [0.1, 0.15) is 5.75 Å². The number of ether oxygens (including phenoxy) is 1. The number of methoxy groups -OCH3 is 1. The van der Waals surface area contributed by atoms with E-state index in [1.165, 1.54) is 37.9 Å². The van der Waals surface area contributed by atoms with E-state index < -0.39 is 0 Å². The van der Waals surface area contributed by atoms with Crippen molar-refractivity contribution in [1.29, 1.82) is 0 Å². The van der Waals surface area contributed by atoms with Crippen LogP contribution in [0.2, 0.25) is 0 Å². The molecule has 3 nitrogen and oxygen atoms in total. The first kappa shape index (κ1) is 16.3. The molecule has 1 unspecified atom stereocenters. The van der Waals surface area contributed by atoms with E-state index in [0.717, 1.165) is 24.8 Å². The normalized spacial score (nSPS) is 18.6. The lowest BCUT2D eigenvalue weighted by Gasteiger charge is -2.33. The summed E-state index contributed by atoms with van der Waals surface area (Å²) in [5, 5.41) is 3.53. The van der Waals surface area contributed by atoms with E-state index in [-0.39, 0.29) is 0 Å². The van der Waals surface area contributed by atoms with Gasteiger partial charge < -0.3 is 10.1 Å². The van der Waals surface area contributed by atoms with Crippen molar-refractivity contribution in [2.75, 3.05) is 26.7 Å². The van der Waals surface area contributed by atoms with Crippen molar-refractivity contribution >= 4 is 0 Å². The molecule has 0 aromatic heterocycles. The zero-order chi connectivity index (χ0) is 15.1. The lowest BCUT2D eigenvalue weighted by atomic mass is 9.90. The number of hydrogen-bond donors (Lipinski definition) is 1. The molecule has 1 aromatic carbocycles. The monoisotopic (exact) mass is 290 g/mol. The molecule has 0 aliphatic carbocycles. The van der Waals surface area contributed by atoms with Gasteiger partial charge in [0.2, 0.25) is 0 Å². The molecule has 0 amide bonds. The zero-order valence-corrected chi connectivity index (χ0v) is 13.8. The van der Waals surface area contributed by atoms with E-state index in [4.69, 9.17) is 4.74 Å². The molecule has 1 N–H and O–H groups in total. The lowest BCUT2D eigenvalue weighted by molar-refractivity contribution is 0.166. The average molecular weight is 290 g/mol. The molecule has 0 saturated carbocycles. The van der Waals surface area contributed by atoms with Crippen molar-refractivity contribution < 1.29 is 4.74 Å². The molecule has 1 aliphatic rings. The van der Waals surface area contributed by atoms with Crippen molar-refractivity contribution in [2.24, 2.45) is 5.92 Å². The number of likely N-dealkylation sites (tertiary alicyclic amines) is 1. The van der Waals surface area contributed by atoms with Crippen LogP contribution in [0.4, 0.5) is 0 Å². The predicted octanol–water partition coefficient (Wildman–Crippen LogP) is 3.30. The van der Waals surface area contributed by atoms with Gasteiger partial charge in [-0.25, -0.2) is 0 Å². The molecule has 1 atom stereocenters. The van der Waals surface area contributed by atoms with Gasteiger partial charge in [-0.1, -0.05) is 19.1 Å². The first-order valence-corrected chi connectivity index (χ1v) is 8.30. The number of benzene rings is 1. The highest BCUT2D eigenvalue weighted by Gasteiger charge is 2.20. The number of hydrogen-bond acceptors (Lipinski definition) is 3. The Morgan fingerprint density at radius 3 is 2.48 bits per heavy atom. The number of piperidine rings is 1. The molecule has 3 heteroatoms. The summed E-state index contributed by atoms with van der Waals surface area (Å²) in [5.74, 6) is 1.83. The van der Waals surface area contributed by atoms with Crippen molar-refractivity contribution in [1.82, 2.24) is 10.2 Å². The Hall–Kier alpha value is -1.06. The molecule has 21 heavy (non-hydrogen) atoms. The highest BCUT2D eigenvalue weighted by Crippen LogP contribution is 2.23. The van der Waals surface area contributed by atoms with Gasteiger partial charge in [-0.05, 0) is 69.4 Å². The van der Waals surface area contributed by atoms with Gasteiger partial charge in [0.15, 0.2) is 0 Å². The van der Waals surface area contributed by atoms with Gasteiger partial charge in [-0.2, -0.15) is 0 Å². The molecule has 1 fully saturated rings. The second-order valence-electron chi connectivity index (χ2n) is 6.26. The fraction of sp³-hybridized carbons (Fsp3) is 0.667. The molecule has 1 heterocycles. The summed E-state index contributed by atoms with van der Waals surface area (Å²) in [6, 6.07) is 9.13. The van der Waals surface area contributed by atoms with Gasteiger partial charge in [0.25, 0.3) is 0 Å². The molecule has 1 aliphatic heterocycles. The van der Waals surface area contributed by atoms with Crippen LogP contribution < -0.4 is 10.1 Å². The average Bonchev–Trinajstić information content (AvgIpc) is 2.50. The number of rotatable bonds is 7. The van der Waals surface area contributed by atoms with E-state index >= 15 is 0 Å². The third-order valence-corrected chi connectivity index (χ3v) is 4.51. The van der Waals surface area contributed by atoms with Crippen LogP contribution in [0.3, 0.4) is 0 Å². The molecular weight excluding hydrogens is 260 g/mol. The zero-order valence-electron chi connectivity index (χ0n) is 13.8. The van der Waals surface area contributed by atoms with E-state index in [2.05, 4.69) is 48.3 Å². The Labute approximate surface area is 129 Å². The molecule has 0 radical (unpaired) electrons. The van der Waals surface area contributed by atoms with Crippen LogP contribution in [-0.2, 0) is 6.54 Å². The van der Waals surface area contributed by atoms with Crippen LogP contribution >= 0.6 is 0 Å². The van der Waals surface area contributed by atoms with E-state index in [1.807, 2.05) is 0 Å². The summed E-state index contributed by atoms with van der Waals surface area (Å²) in [6.45, 7) is 9.11.